The topological polar surface area (TPSA) is 58.4 Å². The molecule has 0 saturated heterocycles. The Balaban J connectivity index is 2.09. The van der Waals surface area contributed by atoms with Crippen molar-refractivity contribution in [1.29, 1.82) is 0 Å². The monoisotopic (exact) mass is 327 g/mol. The van der Waals surface area contributed by atoms with Crippen LogP contribution in [-0.2, 0) is 13.1 Å². The number of carbonyl (C=O) groups is 1. The first kappa shape index (κ1) is 17.9. The van der Waals surface area contributed by atoms with Gasteiger partial charge in [-0.3, -0.25) is 9.58 Å². The summed E-state index contributed by atoms with van der Waals surface area (Å²) in [6.07, 6.45) is 3.97. The lowest BCUT2D eigenvalue weighted by molar-refractivity contribution is 0.0697. The Kier molecular flexibility index (Phi) is 5.93. The fourth-order valence-corrected chi connectivity index (χ4v) is 2.56. The summed E-state index contributed by atoms with van der Waals surface area (Å²) in [5.41, 5.74) is 3.64. The number of benzene rings is 1. The summed E-state index contributed by atoms with van der Waals surface area (Å²) in [7, 11) is 0. The van der Waals surface area contributed by atoms with Crippen LogP contribution in [0, 0.1) is 0 Å². The molecule has 128 valence electrons. The molecule has 0 bridgehead atoms. The quantitative estimate of drug-likeness (QED) is 0.750. The number of carboxylic acid groups (broad SMARTS) is 1. The molecule has 0 amide bonds. The van der Waals surface area contributed by atoms with Crippen LogP contribution in [0.25, 0.3) is 0 Å². The van der Waals surface area contributed by atoms with Crippen molar-refractivity contribution in [3.8, 4) is 0 Å². The Morgan fingerprint density at radius 2 is 1.88 bits per heavy atom. The molecule has 1 aromatic heterocycles. The van der Waals surface area contributed by atoms with Gasteiger partial charge in [-0.05, 0) is 38.5 Å². The van der Waals surface area contributed by atoms with Crippen molar-refractivity contribution in [3.63, 3.8) is 0 Å². The van der Waals surface area contributed by atoms with Gasteiger partial charge in [-0.15, -0.1) is 0 Å². The van der Waals surface area contributed by atoms with Crippen LogP contribution in [-0.4, -0.2) is 32.3 Å². The van der Waals surface area contributed by atoms with Gasteiger partial charge >= 0.3 is 5.97 Å². The number of rotatable bonds is 8. The molecule has 1 N–H and O–H groups in total. The Labute approximate surface area is 143 Å². The van der Waals surface area contributed by atoms with Crippen molar-refractivity contribution in [2.45, 2.75) is 39.9 Å². The van der Waals surface area contributed by atoms with Gasteiger partial charge in [0.15, 0.2) is 0 Å². The van der Waals surface area contributed by atoms with Gasteiger partial charge in [-0.2, -0.15) is 5.10 Å². The lowest BCUT2D eigenvalue weighted by Crippen LogP contribution is -2.24. The van der Waals surface area contributed by atoms with Crippen LogP contribution in [0.1, 0.15) is 48.3 Å². The van der Waals surface area contributed by atoms with E-state index < -0.39 is 5.97 Å². The van der Waals surface area contributed by atoms with Gasteiger partial charge in [0.05, 0.1) is 11.8 Å². The maximum absolute atomic E-state index is 10.9. The highest BCUT2D eigenvalue weighted by Gasteiger charge is 2.11. The number of aromatic nitrogens is 2. The molecule has 0 aliphatic rings. The summed E-state index contributed by atoms with van der Waals surface area (Å²) in [4.78, 5) is 13.2. The molecule has 0 aliphatic carbocycles. The van der Waals surface area contributed by atoms with E-state index in [-0.39, 0.29) is 0 Å². The highest BCUT2D eigenvalue weighted by atomic mass is 16.4. The standard InChI is InChI=1S/C19H25N3O2/c1-14(2)10-21(12-17-9-20-22(13-17)15(3)4)11-16-5-7-18(8-6-16)19(23)24/h5-9,13,15H,1,10-12H2,2-4H3,(H,23,24). The lowest BCUT2D eigenvalue weighted by Gasteiger charge is -2.22. The van der Waals surface area contributed by atoms with E-state index in [1.807, 2.05) is 29.9 Å². The summed E-state index contributed by atoms with van der Waals surface area (Å²) in [6, 6.07) is 7.37. The predicted octanol–water partition coefficient (Wildman–Crippen LogP) is 3.74. The number of aromatic carboxylic acids is 1. The van der Waals surface area contributed by atoms with Gasteiger partial charge in [0.1, 0.15) is 0 Å². The summed E-state index contributed by atoms with van der Waals surface area (Å²) < 4.78 is 1.95. The second-order valence-corrected chi connectivity index (χ2v) is 6.53. The minimum Gasteiger partial charge on any atom is -0.478 e. The third kappa shape index (κ3) is 5.06. The van der Waals surface area contributed by atoms with E-state index >= 15 is 0 Å². The van der Waals surface area contributed by atoms with E-state index in [2.05, 4.69) is 36.6 Å². The molecule has 2 aromatic rings. The van der Waals surface area contributed by atoms with E-state index in [0.717, 1.165) is 36.3 Å². The van der Waals surface area contributed by atoms with Crippen LogP contribution in [0.5, 0.6) is 0 Å². The zero-order valence-electron chi connectivity index (χ0n) is 14.6. The molecule has 0 radical (unpaired) electrons. The largest absolute Gasteiger partial charge is 0.478 e. The third-order valence-electron chi connectivity index (χ3n) is 3.69. The third-order valence-corrected chi connectivity index (χ3v) is 3.69. The summed E-state index contributed by atoms with van der Waals surface area (Å²) >= 11 is 0. The normalized spacial score (nSPS) is 11.2. The maximum atomic E-state index is 10.9. The van der Waals surface area contributed by atoms with E-state index in [9.17, 15) is 4.79 Å². The number of carboxylic acids is 1. The zero-order valence-corrected chi connectivity index (χ0v) is 14.6. The van der Waals surface area contributed by atoms with E-state index in [1.54, 1.807) is 12.1 Å². The minimum atomic E-state index is -0.901. The summed E-state index contributed by atoms with van der Waals surface area (Å²) in [5, 5.41) is 13.4. The molecule has 0 unspecified atom stereocenters. The lowest BCUT2D eigenvalue weighted by atomic mass is 10.1. The minimum absolute atomic E-state index is 0.309. The number of nitrogens with zero attached hydrogens (tertiary/aromatic N) is 3. The molecule has 0 atom stereocenters. The first-order valence-electron chi connectivity index (χ1n) is 8.07. The molecule has 2 rings (SSSR count). The molecule has 24 heavy (non-hydrogen) atoms. The van der Waals surface area contributed by atoms with Crippen LogP contribution in [0.4, 0.5) is 0 Å². The fourth-order valence-electron chi connectivity index (χ4n) is 2.56. The van der Waals surface area contributed by atoms with Gasteiger partial charge in [0.2, 0.25) is 0 Å². The SMILES string of the molecule is C=C(C)CN(Cc1ccc(C(=O)O)cc1)Cc1cnn(C(C)C)c1. The molecule has 0 spiro atoms. The first-order chi connectivity index (χ1) is 11.3. The van der Waals surface area contributed by atoms with Crippen molar-refractivity contribution in [1.82, 2.24) is 14.7 Å². The Morgan fingerprint density at radius 1 is 1.25 bits per heavy atom. The summed E-state index contributed by atoms with van der Waals surface area (Å²) in [5.74, 6) is -0.901. The van der Waals surface area contributed by atoms with Gasteiger partial charge < -0.3 is 5.11 Å². The molecule has 5 nitrogen and oxygen atoms in total. The van der Waals surface area contributed by atoms with Gasteiger partial charge in [0.25, 0.3) is 0 Å². The molecule has 1 heterocycles. The van der Waals surface area contributed by atoms with Gasteiger partial charge in [-0.25, -0.2) is 4.79 Å². The summed E-state index contributed by atoms with van der Waals surface area (Å²) in [6.45, 7) is 12.5. The first-order valence-corrected chi connectivity index (χ1v) is 8.07. The molecular weight excluding hydrogens is 302 g/mol. The van der Waals surface area contributed by atoms with Crippen LogP contribution < -0.4 is 0 Å². The van der Waals surface area contributed by atoms with Crippen molar-refractivity contribution in [2.75, 3.05) is 6.54 Å². The van der Waals surface area contributed by atoms with Crippen LogP contribution >= 0.6 is 0 Å². The molecular formula is C19H25N3O2. The van der Waals surface area contributed by atoms with Crippen LogP contribution in [0.15, 0.2) is 48.8 Å². The van der Waals surface area contributed by atoms with Crippen LogP contribution in [0.2, 0.25) is 0 Å². The van der Waals surface area contributed by atoms with Crippen LogP contribution in [0.3, 0.4) is 0 Å². The van der Waals surface area contributed by atoms with Crippen molar-refractivity contribution >= 4 is 5.97 Å². The van der Waals surface area contributed by atoms with Crippen molar-refractivity contribution < 1.29 is 9.90 Å². The smallest absolute Gasteiger partial charge is 0.335 e. The zero-order chi connectivity index (χ0) is 17.7. The highest BCUT2D eigenvalue weighted by Crippen LogP contribution is 2.14. The molecule has 0 saturated carbocycles. The second kappa shape index (κ2) is 7.93. The molecule has 1 aromatic carbocycles. The predicted molar refractivity (Wildman–Crippen MR) is 94.9 cm³/mol. The van der Waals surface area contributed by atoms with Crippen molar-refractivity contribution in [3.05, 3.63) is 65.5 Å². The van der Waals surface area contributed by atoms with Crippen molar-refractivity contribution in [2.24, 2.45) is 0 Å². The highest BCUT2D eigenvalue weighted by molar-refractivity contribution is 5.87. The number of hydrogen-bond donors (Lipinski definition) is 1. The molecule has 5 heteroatoms. The van der Waals surface area contributed by atoms with Gasteiger partial charge in [0, 0.05) is 37.4 Å². The maximum Gasteiger partial charge on any atom is 0.335 e. The average molecular weight is 327 g/mol. The Bertz CT molecular complexity index is 702. The number of hydrogen-bond acceptors (Lipinski definition) is 3. The Morgan fingerprint density at radius 3 is 2.38 bits per heavy atom. The van der Waals surface area contributed by atoms with E-state index in [4.69, 9.17) is 5.11 Å². The second-order valence-electron chi connectivity index (χ2n) is 6.53. The average Bonchev–Trinajstić information content (AvgIpc) is 2.95. The van der Waals surface area contributed by atoms with Gasteiger partial charge in [-0.1, -0.05) is 24.3 Å². The molecule has 0 aliphatic heterocycles. The Hall–Kier alpha value is -2.40. The van der Waals surface area contributed by atoms with E-state index in [0.29, 0.717) is 11.6 Å². The fraction of sp³-hybridized carbons (Fsp3) is 0.368. The van der Waals surface area contributed by atoms with E-state index in [1.165, 1.54) is 0 Å². The molecule has 0 fully saturated rings.